The number of halogens is 5. The van der Waals surface area contributed by atoms with Crippen molar-refractivity contribution in [2.75, 3.05) is 0 Å². The first kappa shape index (κ1) is 20.2. The van der Waals surface area contributed by atoms with Crippen molar-refractivity contribution in [1.82, 2.24) is 10.4 Å². The molecule has 0 radical (unpaired) electrons. The lowest BCUT2D eigenvalue weighted by molar-refractivity contribution is -0.137. The van der Waals surface area contributed by atoms with Gasteiger partial charge in [0.1, 0.15) is 5.70 Å². The molecule has 1 atom stereocenters. The van der Waals surface area contributed by atoms with Crippen LogP contribution >= 0.6 is 11.8 Å². The van der Waals surface area contributed by atoms with Crippen molar-refractivity contribution >= 4 is 17.7 Å². The predicted molar refractivity (Wildman–Crippen MR) is 97.3 cm³/mol. The zero-order valence-corrected chi connectivity index (χ0v) is 15.3. The van der Waals surface area contributed by atoms with E-state index < -0.39 is 24.1 Å². The largest absolute Gasteiger partial charge is 0.416 e. The van der Waals surface area contributed by atoms with Crippen LogP contribution in [-0.4, -0.2) is 22.7 Å². The Morgan fingerprint density at radius 1 is 1.11 bits per heavy atom. The summed E-state index contributed by atoms with van der Waals surface area (Å²) in [6.07, 6.45) is -7.16. The highest BCUT2D eigenvalue weighted by Crippen LogP contribution is 2.33. The Morgan fingerprint density at radius 3 is 2.39 bits per heavy atom. The van der Waals surface area contributed by atoms with E-state index in [1.54, 1.807) is 19.1 Å². The lowest BCUT2D eigenvalue weighted by Crippen LogP contribution is -2.44. The molecule has 2 aromatic rings. The normalized spacial score (nSPS) is 17.0. The van der Waals surface area contributed by atoms with Crippen LogP contribution in [0.2, 0.25) is 0 Å². The van der Waals surface area contributed by atoms with Crippen LogP contribution in [0.5, 0.6) is 0 Å². The minimum Gasteiger partial charge on any atom is -0.270 e. The summed E-state index contributed by atoms with van der Waals surface area (Å²) >= 11 is 1.16. The first-order chi connectivity index (χ1) is 13.2. The van der Waals surface area contributed by atoms with E-state index in [0.717, 1.165) is 28.9 Å². The Kier molecular flexibility index (Phi) is 5.64. The molecular weight excluding hydrogens is 399 g/mol. The Labute approximate surface area is 162 Å². The second-order valence-electron chi connectivity index (χ2n) is 6.05. The molecule has 1 aliphatic heterocycles. The van der Waals surface area contributed by atoms with Crippen molar-refractivity contribution in [3.05, 3.63) is 70.8 Å². The monoisotopic (exact) mass is 414 g/mol. The molecule has 28 heavy (non-hydrogen) atoms. The van der Waals surface area contributed by atoms with Crippen LogP contribution in [-0.2, 0) is 6.18 Å². The molecule has 1 amide bonds. The Balaban J connectivity index is 1.79. The number of benzene rings is 2. The fraction of sp³-hybridized carbons (Fsp3) is 0.211. The molecule has 0 saturated heterocycles. The van der Waals surface area contributed by atoms with Crippen molar-refractivity contribution in [2.45, 2.75) is 24.9 Å². The van der Waals surface area contributed by atoms with Crippen molar-refractivity contribution < 1.29 is 26.7 Å². The fourth-order valence-electron chi connectivity index (χ4n) is 2.67. The van der Waals surface area contributed by atoms with Gasteiger partial charge in [-0.2, -0.15) is 13.2 Å². The van der Waals surface area contributed by atoms with E-state index >= 15 is 0 Å². The zero-order chi connectivity index (χ0) is 20.5. The van der Waals surface area contributed by atoms with Gasteiger partial charge in [0.2, 0.25) is 0 Å². The number of allylic oxidation sites excluding steroid dienone is 1. The molecule has 2 aromatic carbocycles. The van der Waals surface area contributed by atoms with Crippen molar-refractivity contribution in [1.29, 1.82) is 0 Å². The highest BCUT2D eigenvalue weighted by Gasteiger charge is 2.31. The third kappa shape index (κ3) is 4.30. The maximum absolute atomic E-state index is 13.1. The van der Waals surface area contributed by atoms with Gasteiger partial charge >= 0.3 is 6.18 Å². The first-order valence-electron chi connectivity index (χ1n) is 8.18. The lowest BCUT2D eigenvalue weighted by Gasteiger charge is -2.26. The zero-order valence-electron chi connectivity index (χ0n) is 14.5. The van der Waals surface area contributed by atoms with Crippen LogP contribution in [0, 0.1) is 0 Å². The average Bonchev–Trinajstić information content (AvgIpc) is 3.02. The van der Waals surface area contributed by atoms with E-state index in [-0.39, 0.29) is 16.6 Å². The average molecular weight is 414 g/mol. The topological polar surface area (TPSA) is 32.3 Å². The molecule has 1 unspecified atom stereocenters. The number of amides is 1. The van der Waals surface area contributed by atoms with E-state index in [1.807, 2.05) is 0 Å². The van der Waals surface area contributed by atoms with Gasteiger partial charge in [-0.15, -0.1) is 11.8 Å². The molecule has 3 nitrogen and oxygen atoms in total. The van der Waals surface area contributed by atoms with Gasteiger partial charge in [-0.25, -0.2) is 8.78 Å². The van der Waals surface area contributed by atoms with Crippen LogP contribution in [0.25, 0.3) is 11.1 Å². The number of hydrazine groups is 1. The van der Waals surface area contributed by atoms with E-state index in [1.165, 1.54) is 29.7 Å². The molecule has 148 valence electrons. The number of alkyl halides is 5. The van der Waals surface area contributed by atoms with Gasteiger partial charge in [-0.1, -0.05) is 24.3 Å². The molecule has 1 aliphatic rings. The predicted octanol–water partition coefficient (Wildman–Crippen LogP) is 5.52. The number of carbonyl (C=O) groups excluding carboxylic acids is 1. The quantitative estimate of drug-likeness (QED) is 0.669. The number of thioether (sulfide) groups is 1. The molecule has 0 bridgehead atoms. The van der Waals surface area contributed by atoms with Crippen LogP contribution in [0.15, 0.2) is 59.6 Å². The third-order valence-electron chi connectivity index (χ3n) is 4.14. The summed E-state index contributed by atoms with van der Waals surface area (Å²) in [6, 6.07) is 10.8. The minimum atomic E-state index is -4.43. The number of hydrogen-bond donors (Lipinski definition) is 1. The second kappa shape index (κ2) is 7.83. The summed E-state index contributed by atoms with van der Waals surface area (Å²) in [6.45, 7) is 1.68. The maximum atomic E-state index is 13.1. The van der Waals surface area contributed by atoms with Gasteiger partial charge in [0, 0.05) is 11.0 Å². The standard InChI is InChI=1S/C19H15F5N2OS/c1-11-26(16(10-28-11)17(20)21)25-18(27)14-4-2-3-13(9-14)12-5-7-15(8-6-12)19(22,23)24/h2-11,17H,1H3,(H,25,27). The summed E-state index contributed by atoms with van der Waals surface area (Å²) in [4.78, 5) is 12.5. The molecule has 1 heterocycles. The fourth-order valence-corrected chi connectivity index (χ4v) is 3.52. The number of nitrogens with zero attached hydrogens (tertiary/aromatic N) is 1. The van der Waals surface area contributed by atoms with Crippen molar-refractivity contribution in [2.24, 2.45) is 0 Å². The molecule has 3 rings (SSSR count). The molecule has 9 heteroatoms. The van der Waals surface area contributed by atoms with Crippen LogP contribution < -0.4 is 5.43 Å². The molecular formula is C19H15F5N2OS. The van der Waals surface area contributed by atoms with E-state index in [2.05, 4.69) is 5.43 Å². The van der Waals surface area contributed by atoms with Gasteiger partial charge in [-0.3, -0.25) is 15.2 Å². The summed E-state index contributed by atoms with van der Waals surface area (Å²) in [5.74, 6) is -0.588. The van der Waals surface area contributed by atoms with Gasteiger partial charge in [-0.05, 0) is 42.3 Å². The Morgan fingerprint density at radius 2 is 1.79 bits per heavy atom. The maximum Gasteiger partial charge on any atom is 0.416 e. The molecule has 0 saturated carbocycles. The van der Waals surface area contributed by atoms with Gasteiger partial charge in [0.05, 0.1) is 10.9 Å². The molecule has 0 aromatic heterocycles. The van der Waals surface area contributed by atoms with Crippen molar-refractivity contribution in [3.63, 3.8) is 0 Å². The second-order valence-corrected chi connectivity index (χ2v) is 7.24. The third-order valence-corrected chi connectivity index (χ3v) is 5.13. The highest BCUT2D eigenvalue weighted by atomic mass is 32.2. The Hall–Kier alpha value is -2.55. The van der Waals surface area contributed by atoms with E-state index in [9.17, 15) is 26.7 Å². The first-order valence-corrected chi connectivity index (χ1v) is 9.12. The van der Waals surface area contributed by atoms with Gasteiger partial charge in [0.15, 0.2) is 0 Å². The summed E-state index contributed by atoms with van der Waals surface area (Å²) in [5, 5.41) is 2.03. The highest BCUT2D eigenvalue weighted by molar-refractivity contribution is 8.02. The van der Waals surface area contributed by atoms with Gasteiger partial charge in [0.25, 0.3) is 12.3 Å². The minimum absolute atomic E-state index is 0.204. The Bertz CT molecular complexity index is 896. The van der Waals surface area contributed by atoms with Gasteiger partial charge < -0.3 is 0 Å². The number of hydrogen-bond acceptors (Lipinski definition) is 3. The molecule has 0 fully saturated rings. The molecule has 1 N–H and O–H groups in total. The van der Waals surface area contributed by atoms with E-state index in [0.29, 0.717) is 11.1 Å². The SMILES string of the molecule is CC1SC=C(C(F)F)N1NC(=O)c1cccc(-c2ccc(C(F)(F)F)cc2)c1. The number of rotatable bonds is 4. The smallest absolute Gasteiger partial charge is 0.270 e. The number of nitrogens with one attached hydrogen (secondary N) is 1. The van der Waals surface area contributed by atoms with E-state index in [4.69, 9.17) is 0 Å². The lowest BCUT2D eigenvalue weighted by atomic mass is 10.0. The summed E-state index contributed by atoms with van der Waals surface area (Å²) in [5.41, 5.74) is 2.65. The summed E-state index contributed by atoms with van der Waals surface area (Å²) in [7, 11) is 0. The molecule has 0 spiro atoms. The molecule has 0 aliphatic carbocycles. The van der Waals surface area contributed by atoms with Crippen LogP contribution in [0.4, 0.5) is 22.0 Å². The van der Waals surface area contributed by atoms with Crippen LogP contribution in [0.1, 0.15) is 22.8 Å². The summed E-state index contributed by atoms with van der Waals surface area (Å²) < 4.78 is 64.2. The van der Waals surface area contributed by atoms with Crippen molar-refractivity contribution in [3.8, 4) is 11.1 Å². The van der Waals surface area contributed by atoms with Crippen LogP contribution in [0.3, 0.4) is 0 Å². The number of carbonyl (C=O) groups is 1.